The largest absolute Gasteiger partial charge is 0.349 e. The molecule has 1 heterocycles. The van der Waals surface area contributed by atoms with Gasteiger partial charge in [0.15, 0.2) is 0 Å². The summed E-state index contributed by atoms with van der Waals surface area (Å²) >= 11 is 0. The Hall–Kier alpha value is -2.17. The first kappa shape index (κ1) is 12.3. The van der Waals surface area contributed by atoms with Crippen molar-refractivity contribution in [3.05, 3.63) is 47.5 Å². The molecule has 0 unspecified atom stereocenters. The minimum Gasteiger partial charge on any atom is -0.349 e. The number of carbonyl (C=O) groups excluding carboxylic acids is 1. The van der Waals surface area contributed by atoms with Gasteiger partial charge in [0.1, 0.15) is 12.2 Å². The lowest BCUT2D eigenvalue weighted by molar-refractivity contribution is -0.120. The second kappa shape index (κ2) is 5.44. The highest BCUT2D eigenvalue weighted by molar-refractivity contribution is 5.78. The van der Waals surface area contributed by atoms with Gasteiger partial charge in [-0.15, -0.1) is 0 Å². The second-order valence-corrected chi connectivity index (χ2v) is 4.24. The molecule has 1 N–H and O–H groups in total. The Bertz CT molecular complexity index is 530. The fourth-order valence-corrected chi connectivity index (χ4v) is 1.61. The molecule has 1 aromatic heterocycles. The zero-order chi connectivity index (χ0) is 13.0. The van der Waals surface area contributed by atoms with Crippen molar-refractivity contribution in [1.82, 2.24) is 20.1 Å². The maximum atomic E-state index is 11.7. The fraction of sp³-hybridized carbons (Fsp3) is 0.308. The average molecular weight is 244 g/mol. The van der Waals surface area contributed by atoms with Gasteiger partial charge in [-0.3, -0.25) is 9.48 Å². The number of amides is 1. The Morgan fingerprint density at radius 3 is 2.67 bits per heavy atom. The van der Waals surface area contributed by atoms with Crippen LogP contribution in [0, 0.1) is 6.92 Å². The molecule has 0 bridgehead atoms. The van der Waals surface area contributed by atoms with Crippen LogP contribution in [-0.4, -0.2) is 20.7 Å². The Morgan fingerprint density at radius 2 is 2.06 bits per heavy atom. The van der Waals surface area contributed by atoms with E-state index >= 15 is 0 Å². The summed E-state index contributed by atoms with van der Waals surface area (Å²) in [5.41, 5.74) is 2.20. The molecular weight excluding hydrogens is 228 g/mol. The van der Waals surface area contributed by atoms with Crippen LogP contribution in [0.4, 0.5) is 0 Å². The van der Waals surface area contributed by atoms with Crippen molar-refractivity contribution in [3.63, 3.8) is 0 Å². The molecule has 2 rings (SSSR count). The first-order valence-electron chi connectivity index (χ1n) is 5.80. The number of nitrogens with one attached hydrogen (secondary N) is 1. The summed E-state index contributed by atoms with van der Waals surface area (Å²) < 4.78 is 1.64. The summed E-state index contributed by atoms with van der Waals surface area (Å²) in [5.74, 6) is 0.731. The Kier molecular flexibility index (Phi) is 3.72. The molecule has 2 aromatic rings. The van der Waals surface area contributed by atoms with E-state index in [-0.39, 0.29) is 5.91 Å². The topological polar surface area (TPSA) is 59.8 Å². The van der Waals surface area contributed by atoms with Gasteiger partial charge >= 0.3 is 0 Å². The van der Waals surface area contributed by atoms with Crippen LogP contribution < -0.4 is 5.32 Å². The van der Waals surface area contributed by atoms with Crippen molar-refractivity contribution >= 4 is 5.91 Å². The Balaban J connectivity index is 1.86. The summed E-state index contributed by atoms with van der Waals surface area (Å²) in [6.07, 6.45) is 1.86. The zero-order valence-electron chi connectivity index (χ0n) is 10.6. The lowest BCUT2D eigenvalue weighted by atomic mass is 10.1. The van der Waals surface area contributed by atoms with Gasteiger partial charge < -0.3 is 5.32 Å². The summed E-state index contributed by atoms with van der Waals surface area (Å²) in [6, 6.07) is 7.95. The van der Waals surface area contributed by atoms with E-state index in [0.29, 0.717) is 13.0 Å². The van der Waals surface area contributed by atoms with Gasteiger partial charge in [-0.05, 0) is 12.5 Å². The molecule has 94 valence electrons. The standard InChI is InChI=1S/C13H16N4O/c1-10-3-5-11(6-4-10)7-13(18)14-8-12-15-9-16-17(12)2/h3-6,9H,7-8H2,1-2H3,(H,14,18). The molecule has 18 heavy (non-hydrogen) atoms. The molecule has 0 spiro atoms. The average Bonchev–Trinajstić information content (AvgIpc) is 2.75. The number of carbonyl (C=O) groups is 1. The highest BCUT2D eigenvalue weighted by atomic mass is 16.1. The monoisotopic (exact) mass is 244 g/mol. The van der Waals surface area contributed by atoms with Crippen molar-refractivity contribution in [2.75, 3.05) is 0 Å². The summed E-state index contributed by atoms with van der Waals surface area (Å²) in [6.45, 7) is 2.43. The molecule has 0 aliphatic carbocycles. The maximum absolute atomic E-state index is 11.7. The number of aryl methyl sites for hydroxylation is 2. The predicted molar refractivity (Wildman–Crippen MR) is 67.7 cm³/mol. The number of benzene rings is 1. The third-order valence-electron chi connectivity index (χ3n) is 2.73. The van der Waals surface area contributed by atoms with Crippen molar-refractivity contribution in [2.45, 2.75) is 19.9 Å². The quantitative estimate of drug-likeness (QED) is 0.872. The third kappa shape index (κ3) is 3.16. The van der Waals surface area contributed by atoms with E-state index < -0.39 is 0 Å². The first-order chi connectivity index (χ1) is 8.65. The third-order valence-corrected chi connectivity index (χ3v) is 2.73. The van der Waals surface area contributed by atoms with Crippen LogP contribution in [-0.2, 0) is 24.8 Å². The number of nitrogens with zero attached hydrogens (tertiary/aromatic N) is 3. The molecule has 0 saturated heterocycles. The summed E-state index contributed by atoms with van der Waals surface area (Å²) in [7, 11) is 1.80. The Morgan fingerprint density at radius 1 is 1.33 bits per heavy atom. The zero-order valence-corrected chi connectivity index (χ0v) is 10.6. The minimum absolute atomic E-state index is 0.0122. The minimum atomic E-state index is -0.0122. The van der Waals surface area contributed by atoms with E-state index in [0.717, 1.165) is 11.4 Å². The van der Waals surface area contributed by atoms with E-state index in [9.17, 15) is 4.79 Å². The van der Waals surface area contributed by atoms with Crippen molar-refractivity contribution in [1.29, 1.82) is 0 Å². The van der Waals surface area contributed by atoms with Gasteiger partial charge in [-0.2, -0.15) is 5.10 Å². The molecule has 1 amide bonds. The van der Waals surface area contributed by atoms with Crippen LogP contribution in [0.1, 0.15) is 17.0 Å². The molecular formula is C13H16N4O. The van der Waals surface area contributed by atoms with Crippen molar-refractivity contribution in [3.8, 4) is 0 Å². The molecule has 5 nitrogen and oxygen atoms in total. The molecule has 0 saturated carbocycles. The Labute approximate surface area is 106 Å². The molecule has 0 aliphatic heterocycles. The van der Waals surface area contributed by atoms with E-state index in [1.165, 1.54) is 11.9 Å². The van der Waals surface area contributed by atoms with Gasteiger partial charge in [0.25, 0.3) is 0 Å². The number of hydrogen-bond donors (Lipinski definition) is 1. The molecule has 0 fully saturated rings. The fourth-order valence-electron chi connectivity index (χ4n) is 1.61. The normalized spacial score (nSPS) is 10.3. The van der Waals surface area contributed by atoms with Gasteiger partial charge in [0, 0.05) is 7.05 Å². The number of hydrogen-bond acceptors (Lipinski definition) is 3. The van der Waals surface area contributed by atoms with Crippen molar-refractivity contribution in [2.24, 2.45) is 7.05 Å². The SMILES string of the molecule is Cc1ccc(CC(=O)NCc2ncnn2C)cc1. The van der Waals surface area contributed by atoms with Gasteiger partial charge in [-0.1, -0.05) is 29.8 Å². The maximum Gasteiger partial charge on any atom is 0.224 e. The lowest BCUT2D eigenvalue weighted by Crippen LogP contribution is -2.26. The lowest BCUT2D eigenvalue weighted by Gasteiger charge is -2.05. The van der Waals surface area contributed by atoms with Crippen LogP contribution in [0.15, 0.2) is 30.6 Å². The molecule has 1 aromatic carbocycles. The number of aromatic nitrogens is 3. The highest BCUT2D eigenvalue weighted by Gasteiger charge is 2.05. The van der Waals surface area contributed by atoms with E-state index in [1.807, 2.05) is 31.2 Å². The molecule has 5 heteroatoms. The van der Waals surface area contributed by atoms with Crippen molar-refractivity contribution < 1.29 is 4.79 Å². The van der Waals surface area contributed by atoms with Crippen LogP contribution in [0.3, 0.4) is 0 Å². The highest BCUT2D eigenvalue weighted by Crippen LogP contribution is 2.03. The van der Waals surface area contributed by atoms with Gasteiger partial charge in [0.05, 0.1) is 13.0 Å². The van der Waals surface area contributed by atoms with Gasteiger partial charge in [-0.25, -0.2) is 4.98 Å². The smallest absolute Gasteiger partial charge is 0.224 e. The van der Waals surface area contributed by atoms with Crippen LogP contribution in [0.25, 0.3) is 0 Å². The first-order valence-corrected chi connectivity index (χ1v) is 5.80. The summed E-state index contributed by atoms with van der Waals surface area (Å²) in [5, 5.41) is 6.77. The second-order valence-electron chi connectivity index (χ2n) is 4.24. The van der Waals surface area contributed by atoms with E-state index in [1.54, 1.807) is 11.7 Å². The number of rotatable bonds is 4. The van der Waals surface area contributed by atoms with Crippen LogP contribution >= 0.6 is 0 Å². The van der Waals surface area contributed by atoms with Crippen LogP contribution in [0.2, 0.25) is 0 Å². The summed E-state index contributed by atoms with van der Waals surface area (Å²) in [4.78, 5) is 15.8. The van der Waals surface area contributed by atoms with Gasteiger partial charge in [0.2, 0.25) is 5.91 Å². The molecule has 0 aliphatic rings. The molecule has 0 atom stereocenters. The van der Waals surface area contributed by atoms with E-state index in [4.69, 9.17) is 0 Å². The van der Waals surface area contributed by atoms with E-state index in [2.05, 4.69) is 15.4 Å². The molecule has 0 radical (unpaired) electrons. The van der Waals surface area contributed by atoms with Crippen LogP contribution in [0.5, 0.6) is 0 Å². The predicted octanol–water partition coefficient (Wildman–Crippen LogP) is 0.982.